The first-order valence-corrected chi connectivity index (χ1v) is 7.88. The number of esters is 1. The molecule has 0 unspecified atom stereocenters. The fourth-order valence-corrected chi connectivity index (χ4v) is 2.68. The van der Waals surface area contributed by atoms with Crippen LogP contribution in [-0.4, -0.2) is 35.7 Å². The second kappa shape index (κ2) is 6.90. The number of rotatable bonds is 5. The van der Waals surface area contributed by atoms with Crippen LogP contribution in [0.1, 0.15) is 22.7 Å². The molecule has 0 saturated heterocycles. The summed E-state index contributed by atoms with van der Waals surface area (Å²) >= 11 is 0. The van der Waals surface area contributed by atoms with Crippen molar-refractivity contribution in [3.05, 3.63) is 66.2 Å². The Kier molecular flexibility index (Phi) is 4.29. The summed E-state index contributed by atoms with van der Waals surface area (Å²) < 4.78 is 34.1. The highest BCUT2D eigenvalue weighted by Gasteiger charge is 2.19. The standard InChI is InChI=1S/C17H12F2N6O2/c18-17(19)25-14-7-2-1-6-13(14)21-15(25)9-27-16(26)11-4-3-5-12(8-11)24-10-20-22-23-24/h1-8,10,17H,9H2. The highest BCUT2D eigenvalue weighted by molar-refractivity contribution is 5.90. The van der Waals surface area contributed by atoms with Crippen LogP contribution in [0.4, 0.5) is 8.78 Å². The molecule has 0 bridgehead atoms. The normalized spacial score (nSPS) is 11.2. The number of carbonyl (C=O) groups excluding carboxylic acids is 1. The molecule has 0 radical (unpaired) electrons. The van der Waals surface area contributed by atoms with Gasteiger partial charge in [-0.05, 0) is 40.8 Å². The maximum absolute atomic E-state index is 13.4. The fourth-order valence-electron chi connectivity index (χ4n) is 2.68. The third-order valence-electron chi connectivity index (χ3n) is 3.89. The van der Waals surface area contributed by atoms with Crippen molar-refractivity contribution in [1.29, 1.82) is 0 Å². The number of ether oxygens (including phenoxy) is 1. The van der Waals surface area contributed by atoms with Crippen molar-refractivity contribution in [1.82, 2.24) is 29.8 Å². The number of benzene rings is 2. The molecule has 2 heterocycles. The van der Waals surface area contributed by atoms with Gasteiger partial charge in [0.25, 0.3) is 0 Å². The predicted octanol–water partition coefficient (Wildman–Crippen LogP) is 2.76. The molecular formula is C17H12F2N6O2. The summed E-state index contributed by atoms with van der Waals surface area (Å²) in [5.41, 5.74) is 1.49. The molecule has 136 valence electrons. The van der Waals surface area contributed by atoms with E-state index in [1.807, 2.05) is 0 Å². The van der Waals surface area contributed by atoms with Gasteiger partial charge in [-0.15, -0.1) is 5.10 Å². The predicted molar refractivity (Wildman–Crippen MR) is 89.3 cm³/mol. The molecule has 2 aromatic heterocycles. The van der Waals surface area contributed by atoms with Crippen molar-refractivity contribution in [3.63, 3.8) is 0 Å². The van der Waals surface area contributed by atoms with Crippen molar-refractivity contribution in [2.45, 2.75) is 13.2 Å². The number of para-hydroxylation sites is 2. The monoisotopic (exact) mass is 370 g/mol. The van der Waals surface area contributed by atoms with Gasteiger partial charge in [0.05, 0.1) is 22.3 Å². The van der Waals surface area contributed by atoms with Crippen LogP contribution in [0.2, 0.25) is 0 Å². The van der Waals surface area contributed by atoms with Crippen LogP contribution in [0.25, 0.3) is 16.7 Å². The molecule has 0 fully saturated rings. The Balaban J connectivity index is 1.56. The second-order valence-electron chi connectivity index (χ2n) is 5.55. The van der Waals surface area contributed by atoms with Gasteiger partial charge in [-0.1, -0.05) is 18.2 Å². The number of alkyl halides is 2. The molecule has 10 heteroatoms. The summed E-state index contributed by atoms with van der Waals surface area (Å²) in [4.78, 5) is 16.5. The summed E-state index contributed by atoms with van der Waals surface area (Å²) in [7, 11) is 0. The zero-order chi connectivity index (χ0) is 18.8. The molecule has 0 spiro atoms. The van der Waals surface area contributed by atoms with Crippen LogP contribution in [0, 0.1) is 0 Å². The molecule has 4 rings (SSSR count). The van der Waals surface area contributed by atoms with Gasteiger partial charge in [-0.25, -0.2) is 14.5 Å². The van der Waals surface area contributed by atoms with Crippen LogP contribution in [0.3, 0.4) is 0 Å². The van der Waals surface area contributed by atoms with Crippen LogP contribution >= 0.6 is 0 Å². The van der Waals surface area contributed by atoms with Crippen LogP contribution < -0.4 is 0 Å². The Bertz CT molecular complexity index is 1090. The zero-order valence-corrected chi connectivity index (χ0v) is 13.7. The molecule has 27 heavy (non-hydrogen) atoms. The van der Waals surface area contributed by atoms with Crippen LogP contribution in [0.5, 0.6) is 0 Å². The third kappa shape index (κ3) is 3.24. The average molecular weight is 370 g/mol. The Hall–Kier alpha value is -3.69. The Labute approximate surface area is 151 Å². The summed E-state index contributed by atoms with van der Waals surface area (Å²) in [5.74, 6) is -0.700. The van der Waals surface area contributed by atoms with Gasteiger partial charge in [0, 0.05) is 0 Å². The van der Waals surface area contributed by atoms with E-state index in [4.69, 9.17) is 4.74 Å². The molecule has 0 aliphatic carbocycles. The number of hydrogen-bond donors (Lipinski definition) is 0. The number of nitrogens with zero attached hydrogens (tertiary/aromatic N) is 6. The molecule has 0 saturated carbocycles. The minimum atomic E-state index is -2.80. The molecular weight excluding hydrogens is 358 g/mol. The minimum absolute atomic E-state index is 0.0313. The highest BCUT2D eigenvalue weighted by Crippen LogP contribution is 2.23. The van der Waals surface area contributed by atoms with Crippen molar-refractivity contribution >= 4 is 17.0 Å². The zero-order valence-electron chi connectivity index (χ0n) is 13.7. The fraction of sp³-hybridized carbons (Fsp3) is 0.118. The number of hydrogen-bond acceptors (Lipinski definition) is 6. The lowest BCUT2D eigenvalue weighted by molar-refractivity contribution is 0.0387. The number of fused-ring (bicyclic) bond motifs is 1. The van der Waals surface area contributed by atoms with Gasteiger partial charge in [0.1, 0.15) is 12.9 Å². The first-order chi connectivity index (χ1) is 13.1. The van der Waals surface area contributed by atoms with E-state index in [1.165, 1.54) is 23.1 Å². The van der Waals surface area contributed by atoms with Gasteiger partial charge in [0.15, 0.2) is 5.82 Å². The summed E-state index contributed by atoms with van der Waals surface area (Å²) in [6.07, 6.45) is 1.38. The lowest BCUT2D eigenvalue weighted by Crippen LogP contribution is -2.11. The summed E-state index contributed by atoms with van der Waals surface area (Å²) in [5, 5.41) is 10.8. The molecule has 0 N–H and O–H groups in total. The van der Waals surface area contributed by atoms with E-state index in [-0.39, 0.29) is 23.5 Å². The molecule has 0 aliphatic heterocycles. The van der Waals surface area contributed by atoms with E-state index >= 15 is 0 Å². The topological polar surface area (TPSA) is 87.7 Å². The molecule has 0 amide bonds. The Morgan fingerprint density at radius 3 is 2.78 bits per heavy atom. The third-order valence-corrected chi connectivity index (χ3v) is 3.89. The van der Waals surface area contributed by atoms with Gasteiger partial charge >= 0.3 is 12.5 Å². The maximum Gasteiger partial charge on any atom is 0.338 e. The van der Waals surface area contributed by atoms with E-state index in [2.05, 4.69) is 20.5 Å². The summed E-state index contributed by atoms with van der Waals surface area (Å²) in [6.45, 7) is -3.18. The largest absolute Gasteiger partial charge is 0.454 e. The molecule has 2 aromatic carbocycles. The van der Waals surface area contributed by atoms with E-state index in [9.17, 15) is 13.6 Å². The number of carbonyl (C=O) groups is 1. The van der Waals surface area contributed by atoms with Gasteiger partial charge in [-0.3, -0.25) is 4.57 Å². The quantitative estimate of drug-likeness (QED) is 0.502. The molecule has 0 atom stereocenters. The first kappa shape index (κ1) is 16.8. The van der Waals surface area contributed by atoms with E-state index in [0.29, 0.717) is 11.2 Å². The number of tetrazole rings is 1. The average Bonchev–Trinajstić information content (AvgIpc) is 3.33. The SMILES string of the molecule is O=C(OCc1nc2ccccc2n1C(F)F)c1cccc(-n2cnnn2)c1. The van der Waals surface area contributed by atoms with Gasteiger partial charge < -0.3 is 4.74 Å². The molecule has 4 aromatic rings. The Morgan fingerprint density at radius 2 is 2.00 bits per heavy atom. The summed E-state index contributed by atoms with van der Waals surface area (Å²) in [6, 6.07) is 12.9. The highest BCUT2D eigenvalue weighted by atomic mass is 19.3. The van der Waals surface area contributed by atoms with E-state index < -0.39 is 12.5 Å². The van der Waals surface area contributed by atoms with E-state index in [1.54, 1.807) is 36.4 Å². The lowest BCUT2D eigenvalue weighted by atomic mass is 10.2. The van der Waals surface area contributed by atoms with Crippen molar-refractivity contribution in [3.8, 4) is 5.69 Å². The Morgan fingerprint density at radius 1 is 1.15 bits per heavy atom. The number of halogens is 2. The van der Waals surface area contributed by atoms with Gasteiger partial charge in [-0.2, -0.15) is 8.78 Å². The smallest absolute Gasteiger partial charge is 0.338 e. The van der Waals surface area contributed by atoms with Crippen LogP contribution in [0.15, 0.2) is 54.9 Å². The number of imidazole rings is 1. The molecule has 8 nitrogen and oxygen atoms in total. The van der Waals surface area contributed by atoms with Gasteiger partial charge in [0.2, 0.25) is 0 Å². The lowest BCUT2D eigenvalue weighted by Gasteiger charge is -2.09. The van der Waals surface area contributed by atoms with Crippen LogP contribution in [-0.2, 0) is 11.3 Å². The first-order valence-electron chi connectivity index (χ1n) is 7.88. The van der Waals surface area contributed by atoms with E-state index in [0.717, 1.165) is 4.57 Å². The minimum Gasteiger partial charge on any atom is -0.454 e. The van der Waals surface area contributed by atoms with Crippen molar-refractivity contribution in [2.75, 3.05) is 0 Å². The van der Waals surface area contributed by atoms with Crippen molar-refractivity contribution < 1.29 is 18.3 Å². The van der Waals surface area contributed by atoms with Crippen molar-refractivity contribution in [2.24, 2.45) is 0 Å². The molecule has 0 aliphatic rings. The number of aromatic nitrogens is 6. The second-order valence-corrected chi connectivity index (χ2v) is 5.55. The maximum atomic E-state index is 13.4.